The van der Waals surface area contributed by atoms with E-state index in [0.29, 0.717) is 12.3 Å². The van der Waals surface area contributed by atoms with Crippen molar-refractivity contribution in [1.82, 2.24) is 15.0 Å². The van der Waals surface area contributed by atoms with Crippen LogP contribution < -0.4 is 4.73 Å². The number of aromatic nitrogens is 4. The first-order valence-corrected chi connectivity index (χ1v) is 7.27. The van der Waals surface area contributed by atoms with E-state index in [4.69, 9.17) is 0 Å². The molecule has 144 valence electrons. The fraction of sp³-hybridized carbons (Fsp3) is 0.0667. The van der Waals surface area contributed by atoms with Crippen molar-refractivity contribution in [1.29, 1.82) is 0 Å². The lowest BCUT2D eigenvalue weighted by Crippen LogP contribution is -2.28. The van der Waals surface area contributed by atoms with Crippen LogP contribution >= 0.6 is 0 Å². The zero-order valence-electron chi connectivity index (χ0n) is 13.5. The van der Waals surface area contributed by atoms with Crippen LogP contribution in [-0.2, 0) is 6.18 Å². The van der Waals surface area contributed by atoms with Gasteiger partial charge in [-0.15, -0.1) is 0 Å². The summed E-state index contributed by atoms with van der Waals surface area (Å²) in [6, 6.07) is 2.46. The molecule has 0 atom stereocenters. The van der Waals surface area contributed by atoms with Crippen molar-refractivity contribution in [3.63, 3.8) is 0 Å². The van der Waals surface area contributed by atoms with Crippen molar-refractivity contribution < 1.29 is 33.0 Å². The van der Waals surface area contributed by atoms with E-state index in [-0.39, 0.29) is 27.5 Å². The van der Waals surface area contributed by atoms with Crippen molar-refractivity contribution in [3.8, 4) is 34.3 Å². The summed E-state index contributed by atoms with van der Waals surface area (Å²) in [6.07, 6.45) is -2.71. The number of benzene rings is 1. The van der Waals surface area contributed by atoms with Crippen LogP contribution in [0.4, 0.5) is 18.9 Å². The summed E-state index contributed by atoms with van der Waals surface area (Å²) in [5.41, 5.74) is -2.42. The summed E-state index contributed by atoms with van der Waals surface area (Å²) in [7, 11) is 0. The normalized spacial score (nSPS) is 11.4. The number of nitro benzene ring substituents is 1. The molecule has 10 nitrogen and oxygen atoms in total. The Kier molecular flexibility index (Phi) is 4.42. The number of aromatic hydroxyl groups is 2. The maximum absolute atomic E-state index is 12.9. The topological polar surface area (TPSA) is 149 Å². The Morgan fingerprint density at radius 1 is 1.04 bits per heavy atom. The molecule has 2 heterocycles. The van der Waals surface area contributed by atoms with Gasteiger partial charge >= 0.3 is 11.9 Å². The van der Waals surface area contributed by atoms with Gasteiger partial charge in [0, 0.05) is 11.6 Å². The molecular formula is C15H8F3N5O5. The van der Waals surface area contributed by atoms with Gasteiger partial charge in [0.05, 0.1) is 10.5 Å². The van der Waals surface area contributed by atoms with Gasteiger partial charge in [-0.25, -0.2) is 15.0 Å². The summed E-state index contributed by atoms with van der Waals surface area (Å²) in [4.78, 5) is 21.4. The molecule has 2 aromatic heterocycles. The number of phenols is 2. The average Bonchev–Trinajstić information content (AvgIpc) is 2.62. The summed E-state index contributed by atoms with van der Waals surface area (Å²) in [5, 5.41) is 41.6. The van der Waals surface area contributed by atoms with E-state index in [1.165, 1.54) is 0 Å². The smallest absolute Gasteiger partial charge is 0.422 e. The Bertz CT molecular complexity index is 1090. The molecule has 0 aliphatic heterocycles. The maximum atomic E-state index is 12.9. The van der Waals surface area contributed by atoms with E-state index < -0.39 is 33.8 Å². The molecule has 0 spiro atoms. The van der Waals surface area contributed by atoms with Gasteiger partial charge in [0.15, 0.2) is 29.8 Å². The highest BCUT2D eigenvalue weighted by Crippen LogP contribution is 2.38. The van der Waals surface area contributed by atoms with Gasteiger partial charge in [-0.2, -0.15) is 17.9 Å². The first-order valence-electron chi connectivity index (χ1n) is 7.27. The minimum absolute atomic E-state index is 0.0567. The molecule has 3 aromatic rings. The zero-order chi connectivity index (χ0) is 20.6. The number of halogens is 3. The van der Waals surface area contributed by atoms with Gasteiger partial charge in [0.2, 0.25) is 5.75 Å². The van der Waals surface area contributed by atoms with E-state index in [1.54, 1.807) is 0 Å². The number of nitrogens with zero attached hydrogens (tertiary/aromatic N) is 5. The van der Waals surface area contributed by atoms with E-state index >= 15 is 0 Å². The monoisotopic (exact) mass is 395 g/mol. The lowest BCUT2D eigenvalue weighted by molar-refractivity contribution is -0.606. The quantitative estimate of drug-likeness (QED) is 0.225. The maximum Gasteiger partial charge on any atom is 0.422 e. The van der Waals surface area contributed by atoms with Crippen molar-refractivity contribution >= 4 is 5.69 Å². The van der Waals surface area contributed by atoms with E-state index in [2.05, 4.69) is 15.0 Å². The van der Waals surface area contributed by atoms with Crippen LogP contribution in [0.2, 0.25) is 0 Å². The Labute approximate surface area is 152 Å². The summed E-state index contributed by atoms with van der Waals surface area (Å²) in [5.74, 6) is -2.33. The predicted molar refractivity (Wildman–Crippen MR) is 84.6 cm³/mol. The molecule has 0 radical (unpaired) electrons. The second kappa shape index (κ2) is 6.61. The second-order valence-electron chi connectivity index (χ2n) is 5.42. The van der Waals surface area contributed by atoms with Crippen molar-refractivity contribution in [3.05, 3.63) is 57.8 Å². The van der Waals surface area contributed by atoms with Crippen LogP contribution in [0, 0.1) is 15.3 Å². The molecule has 2 N–H and O–H groups in total. The van der Waals surface area contributed by atoms with E-state index in [0.717, 1.165) is 24.7 Å². The minimum atomic E-state index is -4.78. The highest BCUT2D eigenvalue weighted by Gasteiger charge is 2.34. The Balaban J connectivity index is 2.12. The standard InChI is InChI=1S/C15H8F3N5O5/c16-15(17,18)9-1-8(4-22(26)5-9)14-20-6-19-13(21-14)7-2-10(23(27)28)12(25)11(24)3-7/h1-6,24-25H. The van der Waals surface area contributed by atoms with Gasteiger partial charge in [0.25, 0.3) is 0 Å². The molecule has 0 saturated carbocycles. The molecule has 0 bridgehead atoms. The molecule has 3 rings (SSSR count). The number of nitro groups is 1. The van der Waals surface area contributed by atoms with Gasteiger partial charge in [-0.05, 0) is 12.1 Å². The lowest BCUT2D eigenvalue weighted by Gasteiger charge is -2.09. The van der Waals surface area contributed by atoms with Crippen LogP contribution in [0.5, 0.6) is 11.5 Å². The van der Waals surface area contributed by atoms with E-state index in [9.17, 15) is 38.7 Å². The largest absolute Gasteiger partial charge is 0.619 e. The Hall–Kier alpha value is -4.03. The van der Waals surface area contributed by atoms with Crippen molar-refractivity contribution in [2.24, 2.45) is 0 Å². The van der Waals surface area contributed by atoms with Crippen molar-refractivity contribution in [2.45, 2.75) is 6.18 Å². The summed E-state index contributed by atoms with van der Waals surface area (Å²) < 4.78 is 38.6. The number of hydrogen-bond acceptors (Lipinski definition) is 8. The first kappa shape index (κ1) is 18.8. The highest BCUT2D eigenvalue weighted by atomic mass is 19.4. The minimum Gasteiger partial charge on any atom is -0.619 e. The van der Waals surface area contributed by atoms with Gasteiger partial charge < -0.3 is 15.4 Å². The van der Waals surface area contributed by atoms with Gasteiger partial charge in [0.1, 0.15) is 11.9 Å². The Morgan fingerprint density at radius 3 is 2.29 bits per heavy atom. The number of phenolic OH excluding ortho intramolecular Hbond substituents is 2. The molecule has 0 amide bonds. The highest BCUT2D eigenvalue weighted by molar-refractivity contribution is 5.69. The molecule has 0 saturated heterocycles. The molecule has 0 aliphatic carbocycles. The number of alkyl halides is 3. The Morgan fingerprint density at radius 2 is 1.68 bits per heavy atom. The van der Waals surface area contributed by atoms with Crippen LogP contribution in [0.25, 0.3) is 22.8 Å². The molecular weight excluding hydrogens is 387 g/mol. The van der Waals surface area contributed by atoms with Crippen molar-refractivity contribution in [2.75, 3.05) is 0 Å². The first-order chi connectivity index (χ1) is 13.1. The number of hydrogen-bond donors (Lipinski definition) is 2. The van der Waals surface area contributed by atoms with Crippen LogP contribution in [0.3, 0.4) is 0 Å². The third-order valence-corrected chi connectivity index (χ3v) is 3.53. The number of pyridine rings is 1. The zero-order valence-corrected chi connectivity index (χ0v) is 13.5. The molecule has 1 aromatic carbocycles. The second-order valence-corrected chi connectivity index (χ2v) is 5.42. The van der Waals surface area contributed by atoms with Gasteiger partial charge in [-0.3, -0.25) is 10.1 Å². The van der Waals surface area contributed by atoms with Crippen LogP contribution in [0.15, 0.2) is 36.9 Å². The fourth-order valence-electron chi connectivity index (χ4n) is 2.28. The summed E-state index contributed by atoms with van der Waals surface area (Å²) in [6.45, 7) is 0. The SMILES string of the molecule is O=[N+]([O-])c1cc(-c2ncnc(-c3cc(C(F)(F)F)c[n+]([O-])c3)n2)cc(O)c1O. The average molecular weight is 395 g/mol. The molecule has 13 heteroatoms. The predicted octanol–water partition coefficient (Wildman–Crippen LogP) is 2.18. The van der Waals surface area contributed by atoms with Crippen LogP contribution in [-0.4, -0.2) is 30.1 Å². The molecule has 28 heavy (non-hydrogen) atoms. The molecule has 0 aliphatic rings. The fourth-order valence-corrected chi connectivity index (χ4v) is 2.28. The third kappa shape index (κ3) is 3.58. The molecule has 0 unspecified atom stereocenters. The van der Waals surface area contributed by atoms with Gasteiger partial charge in [-0.1, -0.05) is 0 Å². The van der Waals surface area contributed by atoms with Crippen LogP contribution in [0.1, 0.15) is 5.56 Å². The summed E-state index contributed by atoms with van der Waals surface area (Å²) >= 11 is 0. The number of rotatable bonds is 3. The lowest BCUT2D eigenvalue weighted by atomic mass is 10.1. The van der Waals surface area contributed by atoms with E-state index in [1.807, 2.05) is 0 Å². The third-order valence-electron chi connectivity index (χ3n) is 3.53. The molecule has 0 fully saturated rings.